The molecule has 110 valence electrons. The minimum Gasteiger partial charge on any atom is -0.348 e. The van der Waals surface area contributed by atoms with Crippen molar-refractivity contribution in [3.63, 3.8) is 0 Å². The first-order valence-corrected chi connectivity index (χ1v) is 6.60. The number of benzene rings is 2. The minimum absolute atomic E-state index is 0.206. The molecule has 0 radical (unpaired) electrons. The zero-order valence-corrected chi connectivity index (χ0v) is 11.4. The van der Waals surface area contributed by atoms with E-state index in [1.807, 2.05) is 30.3 Å². The van der Waals surface area contributed by atoms with Crippen molar-refractivity contribution in [2.45, 2.75) is 12.5 Å². The third-order valence-electron chi connectivity index (χ3n) is 3.14. The van der Waals surface area contributed by atoms with E-state index in [1.54, 1.807) is 0 Å². The predicted molar refractivity (Wildman–Crippen MR) is 76.8 cm³/mol. The van der Waals surface area contributed by atoms with Gasteiger partial charge in [0.25, 0.3) is 5.91 Å². The van der Waals surface area contributed by atoms with Crippen LogP contribution in [0.1, 0.15) is 15.9 Å². The van der Waals surface area contributed by atoms with Gasteiger partial charge in [0.1, 0.15) is 0 Å². The summed E-state index contributed by atoms with van der Waals surface area (Å²) in [6.45, 7) is 0.206. The van der Waals surface area contributed by atoms with E-state index in [9.17, 15) is 13.6 Å². The standard InChI is InChI=1S/C16H16F2N2O/c17-14-8-4-7-13(15(14)18)16(21)20-12(10-19)9-11-5-2-1-3-6-11/h1-8,12H,9-10,19H2,(H,20,21). The summed E-state index contributed by atoms with van der Waals surface area (Å²) in [7, 11) is 0. The van der Waals surface area contributed by atoms with Crippen molar-refractivity contribution in [2.24, 2.45) is 5.73 Å². The fourth-order valence-corrected chi connectivity index (χ4v) is 2.03. The number of nitrogens with one attached hydrogen (secondary N) is 1. The Labute approximate surface area is 121 Å². The molecule has 0 saturated carbocycles. The smallest absolute Gasteiger partial charge is 0.254 e. The fraction of sp³-hybridized carbons (Fsp3) is 0.188. The molecule has 0 aliphatic carbocycles. The van der Waals surface area contributed by atoms with Gasteiger partial charge in [-0.25, -0.2) is 8.78 Å². The Hall–Kier alpha value is -2.27. The number of carbonyl (C=O) groups is 1. The summed E-state index contributed by atoms with van der Waals surface area (Å²) in [4.78, 5) is 12.0. The molecule has 0 bridgehead atoms. The molecule has 0 aliphatic rings. The molecule has 5 heteroatoms. The van der Waals surface area contributed by atoms with Crippen LogP contribution in [-0.4, -0.2) is 18.5 Å². The van der Waals surface area contributed by atoms with Gasteiger partial charge in [-0.1, -0.05) is 36.4 Å². The van der Waals surface area contributed by atoms with Crippen LogP contribution >= 0.6 is 0 Å². The van der Waals surface area contributed by atoms with Crippen LogP contribution in [0.5, 0.6) is 0 Å². The monoisotopic (exact) mass is 290 g/mol. The second-order valence-corrected chi connectivity index (χ2v) is 4.70. The van der Waals surface area contributed by atoms with Gasteiger partial charge in [-0.3, -0.25) is 4.79 Å². The summed E-state index contributed by atoms with van der Waals surface area (Å²) in [6.07, 6.45) is 0.528. The molecule has 3 nitrogen and oxygen atoms in total. The number of hydrogen-bond acceptors (Lipinski definition) is 2. The molecule has 0 aromatic heterocycles. The van der Waals surface area contributed by atoms with Crippen molar-refractivity contribution in [1.82, 2.24) is 5.32 Å². The highest BCUT2D eigenvalue weighted by molar-refractivity contribution is 5.94. The summed E-state index contributed by atoms with van der Waals surface area (Å²) < 4.78 is 26.7. The van der Waals surface area contributed by atoms with Gasteiger partial charge in [0.2, 0.25) is 0 Å². The molecular weight excluding hydrogens is 274 g/mol. The molecule has 21 heavy (non-hydrogen) atoms. The summed E-state index contributed by atoms with van der Waals surface area (Å²) in [5, 5.41) is 2.63. The lowest BCUT2D eigenvalue weighted by Crippen LogP contribution is -2.42. The van der Waals surface area contributed by atoms with E-state index in [0.717, 1.165) is 11.6 Å². The quantitative estimate of drug-likeness (QED) is 0.887. The maximum Gasteiger partial charge on any atom is 0.254 e. The van der Waals surface area contributed by atoms with E-state index in [-0.39, 0.29) is 18.2 Å². The van der Waals surface area contributed by atoms with Crippen LogP contribution in [0.25, 0.3) is 0 Å². The maximum atomic E-state index is 13.6. The topological polar surface area (TPSA) is 55.1 Å². The molecule has 0 saturated heterocycles. The molecule has 2 aromatic rings. The van der Waals surface area contributed by atoms with Crippen LogP contribution in [0.4, 0.5) is 8.78 Å². The Morgan fingerprint density at radius 1 is 1.10 bits per heavy atom. The molecule has 3 N–H and O–H groups in total. The van der Waals surface area contributed by atoms with Gasteiger partial charge in [-0.2, -0.15) is 0 Å². The molecule has 2 aromatic carbocycles. The molecule has 0 fully saturated rings. The van der Waals surface area contributed by atoms with Crippen molar-refractivity contribution < 1.29 is 13.6 Å². The van der Waals surface area contributed by atoms with E-state index in [4.69, 9.17) is 5.73 Å². The first kappa shape index (κ1) is 15.1. The van der Waals surface area contributed by atoms with Gasteiger partial charge in [0.15, 0.2) is 11.6 Å². The van der Waals surface area contributed by atoms with Crippen molar-refractivity contribution in [1.29, 1.82) is 0 Å². The van der Waals surface area contributed by atoms with Gasteiger partial charge >= 0.3 is 0 Å². The molecule has 2 rings (SSSR count). The summed E-state index contributed by atoms with van der Waals surface area (Å²) >= 11 is 0. The second kappa shape index (κ2) is 6.95. The number of amides is 1. The summed E-state index contributed by atoms with van der Waals surface area (Å²) in [5.74, 6) is -2.86. The van der Waals surface area contributed by atoms with Gasteiger partial charge in [0.05, 0.1) is 5.56 Å². The Balaban J connectivity index is 2.08. The Morgan fingerprint density at radius 3 is 2.48 bits per heavy atom. The largest absolute Gasteiger partial charge is 0.348 e. The molecule has 0 spiro atoms. The van der Waals surface area contributed by atoms with Crippen LogP contribution in [0.2, 0.25) is 0 Å². The number of halogens is 2. The van der Waals surface area contributed by atoms with Crippen molar-refractivity contribution >= 4 is 5.91 Å². The van der Waals surface area contributed by atoms with Crippen LogP contribution in [0.3, 0.4) is 0 Å². The number of nitrogens with two attached hydrogens (primary N) is 1. The minimum atomic E-state index is -1.15. The molecule has 1 atom stereocenters. The lowest BCUT2D eigenvalue weighted by atomic mass is 10.1. The van der Waals surface area contributed by atoms with Crippen molar-refractivity contribution in [2.75, 3.05) is 6.54 Å². The molecule has 1 amide bonds. The average molecular weight is 290 g/mol. The highest BCUT2D eigenvalue weighted by atomic mass is 19.2. The number of carbonyl (C=O) groups excluding carboxylic acids is 1. The normalized spacial score (nSPS) is 12.0. The van der Waals surface area contributed by atoms with Crippen LogP contribution in [-0.2, 0) is 6.42 Å². The fourth-order valence-electron chi connectivity index (χ4n) is 2.03. The van der Waals surface area contributed by atoms with Gasteiger partial charge < -0.3 is 11.1 Å². The van der Waals surface area contributed by atoms with Crippen molar-refractivity contribution in [3.05, 3.63) is 71.3 Å². The first-order chi connectivity index (χ1) is 10.1. The zero-order chi connectivity index (χ0) is 15.2. The third kappa shape index (κ3) is 3.86. The highest BCUT2D eigenvalue weighted by Crippen LogP contribution is 2.12. The van der Waals surface area contributed by atoms with Crippen LogP contribution in [0.15, 0.2) is 48.5 Å². The van der Waals surface area contributed by atoms with E-state index >= 15 is 0 Å². The molecular formula is C16H16F2N2O. The third-order valence-corrected chi connectivity index (χ3v) is 3.14. The Morgan fingerprint density at radius 2 is 1.81 bits per heavy atom. The Kier molecular flexibility index (Phi) is 5.00. The van der Waals surface area contributed by atoms with E-state index in [2.05, 4.69) is 5.32 Å². The molecule has 0 aliphatic heterocycles. The predicted octanol–water partition coefficient (Wildman–Crippen LogP) is 2.26. The number of hydrogen-bond donors (Lipinski definition) is 2. The van der Waals surface area contributed by atoms with Crippen LogP contribution < -0.4 is 11.1 Å². The molecule has 1 unspecified atom stereocenters. The van der Waals surface area contributed by atoms with Gasteiger partial charge in [-0.15, -0.1) is 0 Å². The van der Waals surface area contributed by atoms with Crippen molar-refractivity contribution in [3.8, 4) is 0 Å². The summed E-state index contributed by atoms with van der Waals surface area (Å²) in [5.41, 5.74) is 6.32. The second-order valence-electron chi connectivity index (χ2n) is 4.70. The van der Waals surface area contributed by atoms with Gasteiger partial charge in [0, 0.05) is 12.6 Å². The zero-order valence-electron chi connectivity index (χ0n) is 11.4. The maximum absolute atomic E-state index is 13.6. The first-order valence-electron chi connectivity index (χ1n) is 6.60. The van der Waals surface area contributed by atoms with E-state index < -0.39 is 17.5 Å². The van der Waals surface area contributed by atoms with Gasteiger partial charge in [-0.05, 0) is 24.1 Å². The Bertz CT molecular complexity index is 617. The van der Waals surface area contributed by atoms with E-state index in [0.29, 0.717) is 6.42 Å². The average Bonchev–Trinajstić information content (AvgIpc) is 2.50. The number of rotatable bonds is 5. The van der Waals surface area contributed by atoms with Crippen LogP contribution in [0, 0.1) is 11.6 Å². The van der Waals surface area contributed by atoms with E-state index in [1.165, 1.54) is 12.1 Å². The summed E-state index contributed by atoms with van der Waals surface area (Å²) in [6, 6.07) is 12.6. The molecule has 0 heterocycles. The lowest BCUT2D eigenvalue weighted by molar-refractivity contribution is 0.0933. The highest BCUT2D eigenvalue weighted by Gasteiger charge is 2.18. The SMILES string of the molecule is NCC(Cc1ccccc1)NC(=O)c1cccc(F)c1F. The lowest BCUT2D eigenvalue weighted by Gasteiger charge is -2.17.